The molecule has 1 aliphatic rings. The van der Waals surface area contributed by atoms with Crippen molar-refractivity contribution in [3.63, 3.8) is 0 Å². The number of hydrogen-bond donors (Lipinski definition) is 6. The van der Waals surface area contributed by atoms with Crippen molar-refractivity contribution in [3.05, 3.63) is 58.5 Å². The number of rotatable bonds is 12. The van der Waals surface area contributed by atoms with Crippen LogP contribution in [-0.2, 0) is 24.4 Å². The van der Waals surface area contributed by atoms with Crippen molar-refractivity contribution in [1.82, 2.24) is 30.1 Å². The van der Waals surface area contributed by atoms with Crippen molar-refractivity contribution < 1.29 is 29.1 Å². The van der Waals surface area contributed by atoms with E-state index in [1.54, 1.807) is 19.1 Å². The number of halogens is 1. The molecular weight excluding hydrogens is 590 g/mol. The summed E-state index contributed by atoms with van der Waals surface area (Å²) in [5.41, 5.74) is 13.6. The molecule has 1 unspecified atom stereocenters. The molecule has 44 heavy (non-hydrogen) atoms. The van der Waals surface area contributed by atoms with Gasteiger partial charge in [-0.1, -0.05) is 17.7 Å². The van der Waals surface area contributed by atoms with Crippen LogP contribution in [0.15, 0.2) is 41.8 Å². The minimum Gasteiger partial charge on any atom is -0.506 e. The van der Waals surface area contributed by atoms with Crippen LogP contribution < -0.4 is 31.4 Å². The Morgan fingerprint density at radius 1 is 1.27 bits per heavy atom. The summed E-state index contributed by atoms with van der Waals surface area (Å²) < 4.78 is 10.0. The first-order chi connectivity index (χ1) is 20.9. The maximum atomic E-state index is 13.2. The molecule has 1 aromatic carbocycles. The van der Waals surface area contributed by atoms with Gasteiger partial charge in [0.2, 0.25) is 0 Å². The summed E-state index contributed by atoms with van der Waals surface area (Å²) in [4.78, 5) is 35.4. The number of aryl methyl sites for hydroxylation is 2. The molecule has 0 fully saturated rings. The van der Waals surface area contributed by atoms with Gasteiger partial charge in [0.05, 0.1) is 31.4 Å². The lowest BCUT2D eigenvalue weighted by Crippen LogP contribution is -2.44. The van der Waals surface area contributed by atoms with Crippen LogP contribution in [0.4, 0.5) is 11.6 Å². The molecule has 0 radical (unpaired) electrons. The van der Waals surface area contributed by atoms with E-state index in [1.165, 1.54) is 4.90 Å². The van der Waals surface area contributed by atoms with Crippen molar-refractivity contribution in [2.45, 2.75) is 59.5 Å². The number of aliphatic hydroxyl groups is 2. The van der Waals surface area contributed by atoms with Crippen molar-refractivity contribution in [2.24, 2.45) is 0 Å². The maximum Gasteiger partial charge on any atom is 0.277 e. The van der Waals surface area contributed by atoms with E-state index in [2.05, 4.69) is 25.2 Å². The lowest BCUT2D eigenvalue weighted by molar-refractivity contribution is -0.676. The van der Waals surface area contributed by atoms with Crippen LogP contribution in [0, 0.1) is 0 Å². The summed E-state index contributed by atoms with van der Waals surface area (Å²) >= 11 is 5.94. The largest absolute Gasteiger partial charge is 0.506 e. The molecule has 3 aromatic rings. The maximum absolute atomic E-state index is 13.2. The third-order valence-electron chi connectivity index (χ3n) is 7.11. The number of hydrogen-bond acceptors (Lipinski definition) is 10. The first-order valence-electron chi connectivity index (χ1n) is 14.3. The molecule has 0 aliphatic carbocycles. The van der Waals surface area contributed by atoms with Crippen LogP contribution >= 0.6 is 11.6 Å². The van der Waals surface area contributed by atoms with Crippen molar-refractivity contribution >= 4 is 46.1 Å². The smallest absolute Gasteiger partial charge is 0.277 e. The van der Waals surface area contributed by atoms with Gasteiger partial charge in [-0.3, -0.25) is 9.59 Å². The topological polar surface area (TPSA) is 198 Å². The second-order valence-corrected chi connectivity index (χ2v) is 10.8. The van der Waals surface area contributed by atoms with Crippen LogP contribution in [0.1, 0.15) is 44.0 Å². The average Bonchev–Trinajstić information content (AvgIpc) is 3.29. The van der Waals surface area contributed by atoms with E-state index in [1.807, 2.05) is 43.5 Å². The highest BCUT2D eigenvalue weighted by Crippen LogP contribution is 2.23. The van der Waals surface area contributed by atoms with Crippen molar-refractivity contribution in [2.75, 3.05) is 31.2 Å². The van der Waals surface area contributed by atoms with Crippen LogP contribution in [0.3, 0.4) is 0 Å². The Morgan fingerprint density at radius 3 is 2.70 bits per heavy atom. The number of fused-ring (bicyclic) bond motifs is 1. The van der Waals surface area contributed by atoms with Gasteiger partial charge in [-0.05, 0) is 45.9 Å². The number of nitrogen functional groups attached to an aromatic ring is 2. The average molecular weight is 629 g/mol. The molecule has 15 heteroatoms. The quantitative estimate of drug-likeness (QED) is 0.159. The molecule has 0 bridgehead atoms. The van der Waals surface area contributed by atoms with Crippen LogP contribution in [-0.4, -0.2) is 73.3 Å². The molecule has 3 heterocycles. The van der Waals surface area contributed by atoms with E-state index < -0.39 is 12.0 Å². The number of aromatic nitrogens is 4. The SMILES string of the molecule is CCn1c(CNC(=O)c2nc(Cl)c(N)nc2N)[n+](CC)c2ccc(OCC(=O)N(CC3=C(O)C=CC(C)N3)C[C@H](C)O)cc21. The van der Waals surface area contributed by atoms with Crippen LogP contribution in [0.5, 0.6) is 5.75 Å². The number of dihydropyridines is 1. The fourth-order valence-electron chi connectivity index (χ4n) is 5.07. The van der Waals surface area contributed by atoms with Gasteiger partial charge >= 0.3 is 0 Å². The predicted molar refractivity (Wildman–Crippen MR) is 166 cm³/mol. The van der Waals surface area contributed by atoms with Gasteiger partial charge < -0.3 is 42.0 Å². The number of ether oxygens (including phenoxy) is 1. The van der Waals surface area contributed by atoms with Crippen LogP contribution in [0.25, 0.3) is 11.0 Å². The minimum absolute atomic E-state index is 0.00528. The Kier molecular flexibility index (Phi) is 10.2. The number of benzene rings is 1. The summed E-state index contributed by atoms with van der Waals surface area (Å²) in [7, 11) is 0. The molecule has 1 aliphatic heterocycles. The Morgan fingerprint density at radius 2 is 2.02 bits per heavy atom. The molecule has 8 N–H and O–H groups in total. The van der Waals surface area contributed by atoms with Gasteiger partial charge in [0.1, 0.15) is 18.1 Å². The number of allylic oxidation sites excluding steroid dienone is 1. The van der Waals surface area contributed by atoms with Crippen LogP contribution in [0.2, 0.25) is 5.15 Å². The molecule has 0 saturated carbocycles. The van der Waals surface area contributed by atoms with Gasteiger partial charge in [-0.25, -0.2) is 19.1 Å². The standard InChI is InChI=1S/C29H38ClN9O5/c1-5-38-20-9-8-18(44-15-24(42)37(13-17(4)40)14-19-22(41)10-7-16(3)34-19)11-21(20)39(6-2)23(38)12-33-29(43)25-27(31)36-28(32)26(30)35-25/h7-11,16-17,40H,5-6,12-15H2,1-4H3,(H6-,31,32,33,34,35,36,41,43)/p+1/t16?,17-/m0/s1. The number of carbonyl (C=O) groups is 2. The number of aliphatic hydroxyl groups excluding tert-OH is 2. The fourth-order valence-corrected chi connectivity index (χ4v) is 5.20. The Bertz CT molecular complexity index is 1620. The summed E-state index contributed by atoms with van der Waals surface area (Å²) in [5, 5.41) is 26.2. The molecule has 236 valence electrons. The molecule has 14 nitrogen and oxygen atoms in total. The highest BCUT2D eigenvalue weighted by molar-refractivity contribution is 6.31. The number of anilines is 2. The number of nitrogens with zero attached hydrogens (tertiary/aromatic N) is 5. The number of nitrogens with two attached hydrogens (primary N) is 2. The Balaban J connectivity index is 1.52. The summed E-state index contributed by atoms with van der Waals surface area (Å²) in [6.07, 6.45) is 2.63. The molecule has 2 amide bonds. The zero-order valence-electron chi connectivity index (χ0n) is 25.2. The van der Waals surface area contributed by atoms with E-state index in [-0.39, 0.29) is 66.4 Å². The van der Waals surface area contributed by atoms with E-state index in [0.717, 1.165) is 16.9 Å². The number of carbonyl (C=O) groups excluding carboxylic acids is 2. The van der Waals surface area contributed by atoms with Crippen molar-refractivity contribution in [3.8, 4) is 5.75 Å². The zero-order chi connectivity index (χ0) is 32.1. The Hall–Kier alpha value is -4.56. The lowest BCUT2D eigenvalue weighted by Gasteiger charge is -2.28. The predicted octanol–water partition coefficient (Wildman–Crippen LogP) is 1.41. The third kappa shape index (κ3) is 7.14. The highest BCUT2D eigenvalue weighted by Gasteiger charge is 2.26. The van der Waals surface area contributed by atoms with Gasteiger partial charge in [0.15, 0.2) is 40.1 Å². The lowest BCUT2D eigenvalue weighted by atomic mass is 10.1. The van der Waals surface area contributed by atoms with E-state index in [4.69, 9.17) is 27.8 Å². The first kappa shape index (κ1) is 32.4. The zero-order valence-corrected chi connectivity index (χ0v) is 25.9. The molecule has 0 saturated heterocycles. The van der Waals surface area contributed by atoms with E-state index >= 15 is 0 Å². The van der Waals surface area contributed by atoms with Gasteiger partial charge in [0.25, 0.3) is 17.6 Å². The van der Waals surface area contributed by atoms with Gasteiger partial charge in [-0.2, -0.15) is 0 Å². The highest BCUT2D eigenvalue weighted by atomic mass is 35.5. The molecule has 0 spiro atoms. The number of nitrogens with one attached hydrogen (secondary N) is 2. The second kappa shape index (κ2) is 13.8. The third-order valence-corrected chi connectivity index (χ3v) is 7.39. The van der Waals surface area contributed by atoms with E-state index in [9.17, 15) is 19.8 Å². The summed E-state index contributed by atoms with van der Waals surface area (Å²) in [6.45, 7) is 8.77. The first-order valence-corrected chi connectivity index (χ1v) is 14.7. The number of imidazole rings is 1. The fraction of sp³-hybridized carbons (Fsp3) is 0.414. The minimum atomic E-state index is -0.772. The monoisotopic (exact) mass is 628 g/mol. The number of amides is 2. The molecule has 2 aromatic heterocycles. The normalized spacial score (nSPS) is 15.3. The molecular formula is C29H39ClN9O5+. The van der Waals surface area contributed by atoms with Gasteiger partial charge in [0, 0.05) is 18.7 Å². The van der Waals surface area contributed by atoms with Gasteiger partial charge in [-0.15, -0.1) is 0 Å². The molecule has 2 atom stereocenters. The molecule has 4 rings (SSSR count). The van der Waals surface area contributed by atoms with Crippen molar-refractivity contribution in [1.29, 1.82) is 0 Å². The Labute approximate surface area is 260 Å². The summed E-state index contributed by atoms with van der Waals surface area (Å²) in [5.74, 6) is 0.260. The van der Waals surface area contributed by atoms with E-state index in [0.29, 0.717) is 24.5 Å². The second-order valence-electron chi connectivity index (χ2n) is 10.4. The summed E-state index contributed by atoms with van der Waals surface area (Å²) in [6, 6.07) is 5.51.